The van der Waals surface area contributed by atoms with E-state index in [9.17, 15) is 9.59 Å². The summed E-state index contributed by atoms with van der Waals surface area (Å²) in [6.45, 7) is 1.80. The summed E-state index contributed by atoms with van der Waals surface area (Å²) in [5, 5.41) is 9.02. The number of hydrogen-bond acceptors (Lipinski definition) is 4. The van der Waals surface area contributed by atoms with E-state index in [1.165, 1.54) is 22.9 Å². The molecule has 8 heteroatoms. The molecule has 1 aliphatic rings. The Morgan fingerprint density at radius 1 is 1.63 bits per heavy atom. The number of thioether (sulfide) groups is 1. The normalized spacial score (nSPS) is 22.6. The Hall–Kier alpha value is -0.790. The fraction of sp³-hybridized carbons (Fsp3) is 0.364. The second-order valence-electron chi connectivity index (χ2n) is 3.99. The summed E-state index contributed by atoms with van der Waals surface area (Å²) in [4.78, 5) is 28.8. The maximum atomic E-state index is 12.4. The average Bonchev–Trinajstić information content (AvgIpc) is 2.73. The molecule has 1 aromatic heterocycles. The minimum atomic E-state index is -1.01. The molecule has 1 amide bonds. The molecule has 102 valence electrons. The molecule has 0 spiro atoms. The average molecular weight is 366 g/mol. The van der Waals surface area contributed by atoms with Crippen molar-refractivity contribution in [2.75, 3.05) is 5.75 Å². The molecular formula is C11H10BrClN2O3S. The summed E-state index contributed by atoms with van der Waals surface area (Å²) in [6, 6.07) is 0.717. The summed E-state index contributed by atoms with van der Waals surface area (Å²) < 4.78 is 0.617. The van der Waals surface area contributed by atoms with E-state index in [0.717, 1.165) is 0 Å². The minimum Gasteiger partial charge on any atom is -0.480 e. The number of rotatable bonds is 2. The van der Waals surface area contributed by atoms with Crippen LogP contribution in [0.5, 0.6) is 0 Å². The Balaban J connectivity index is 2.37. The lowest BCUT2D eigenvalue weighted by molar-refractivity contribution is -0.141. The number of aliphatic carboxylic acids is 1. The van der Waals surface area contributed by atoms with E-state index >= 15 is 0 Å². The first-order valence-corrected chi connectivity index (χ1v) is 7.62. The van der Waals surface area contributed by atoms with Gasteiger partial charge in [-0.25, -0.2) is 9.78 Å². The minimum absolute atomic E-state index is 0.0708. The highest BCUT2D eigenvalue weighted by Gasteiger charge is 2.40. The van der Waals surface area contributed by atoms with Gasteiger partial charge in [0.15, 0.2) is 0 Å². The van der Waals surface area contributed by atoms with Crippen molar-refractivity contribution >= 4 is 51.2 Å². The number of halogens is 2. The van der Waals surface area contributed by atoms with Crippen LogP contribution in [0.25, 0.3) is 0 Å². The smallest absolute Gasteiger partial charge is 0.327 e. The Labute approximate surface area is 127 Å². The molecule has 5 nitrogen and oxygen atoms in total. The van der Waals surface area contributed by atoms with Crippen LogP contribution in [-0.4, -0.2) is 44.0 Å². The summed E-state index contributed by atoms with van der Waals surface area (Å²) in [5.41, 5.74) is 0.205. The third-order valence-corrected chi connectivity index (χ3v) is 4.73. The zero-order chi connectivity index (χ0) is 14.2. The van der Waals surface area contributed by atoms with Crippen LogP contribution in [-0.2, 0) is 4.79 Å². The van der Waals surface area contributed by atoms with Crippen molar-refractivity contribution in [3.8, 4) is 0 Å². The largest absolute Gasteiger partial charge is 0.480 e. The second kappa shape index (κ2) is 5.68. The first kappa shape index (κ1) is 14.6. The highest BCUT2D eigenvalue weighted by molar-refractivity contribution is 9.10. The lowest BCUT2D eigenvalue weighted by Crippen LogP contribution is -2.44. The fourth-order valence-corrected chi connectivity index (χ4v) is 3.54. The number of carboxylic acid groups (broad SMARTS) is 1. The molecule has 0 aromatic carbocycles. The van der Waals surface area contributed by atoms with Crippen molar-refractivity contribution in [2.45, 2.75) is 18.3 Å². The molecular weight excluding hydrogens is 356 g/mol. The van der Waals surface area contributed by atoms with Gasteiger partial charge in [0.2, 0.25) is 0 Å². The Bertz CT molecular complexity index is 543. The number of pyridine rings is 1. The van der Waals surface area contributed by atoms with Crippen LogP contribution in [0.2, 0.25) is 5.15 Å². The lowest BCUT2D eigenvalue weighted by atomic mass is 10.2. The molecule has 0 aliphatic carbocycles. The SMILES string of the molecule is CC1SCC(C(=O)O)N1C(=O)c1cc(Br)cnc1Cl. The summed E-state index contributed by atoms with van der Waals surface area (Å²) in [6.07, 6.45) is 1.48. The van der Waals surface area contributed by atoms with Gasteiger partial charge in [-0.15, -0.1) is 11.8 Å². The third kappa shape index (κ3) is 2.88. The molecule has 1 aliphatic heterocycles. The van der Waals surface area contributed by atoms with Crippen LogP contribution in [0.4, 0.5) is 0 Å². The van der Waals surface area contributed by atoms with Crippen molar-refractivity contribution < 1.29 is 14.7 Å². The number of aromatic nitrogens is 1. The maximum Gasteiger partial charge on any atom is 0.327 e. The molecule has 1 aromatic rings. The highest BCUT2D eigenvalue weighted by atomic mass is 79.9. The predicted molar refractivity (Wildman–Crippen MR) is 76.5 cm³/mol. The standard InChI is InChI=1S/C11H10BrClN2O3S/c1-5-15(8(4-19-5)11(17)18)10(16)7-2-6(12)3-14-9(7)13/h2-3,5,8H,4H2,1H3,(H,17,18). The van der Waals surface area contributed by atoms with Crippen LogP contribution in [0.3, 0.4) is 0 Å². The van der Waals surface area contributed by atoms with Crippen LogP contribution in [0.15, 0.2) is 16.7 Å². The second-order valence-corrected chi connectivity index (χ2v) is 6.61. The van der Waals surface area contributed by atoms with Crippen LogP contribution in [0.1, 0.15) is 17.3 Å². The van der Waals surface area contributed by atoms with Gasteiger partial charge in [0.05, 0.1) is 10.9 Å². The number of carboxylic acids is 1. The van der Waals surface area contributed by atoms with Crippen molar-refractivity contribution in [1.29, 1.82) is 0 Å². The quantitative estimate of drug-likeness (QED) is 0.815. The number of carbonyl (C=O) groups is 2. The zero-order valence-corrected chi connectivity index (χ0v) is 13.0. The zero-order valence-electron chi connectivity index (χ0n) is 9.84. The van der Waals surface area contributed by atoms with E-state index in [4.69, 9.17) is 16.7 Å². The van der Waals surface area contributed by atoms with E-state index in [0.29, 0.717) is 10.2 Å². The van der Waals surface area contributed by atoms with E-state index in [1.807, 2.05) is 0 Å². The molecule has 0 saturated carbocycles. The molecule has 0 bridgehead atoms. The van der Waals surface area contributed by atoms with Gasteiger partial charge in [-0.1, -0.05) is 11.6 Å². The molecule has 19 heavy (non-hydrogen) atoms. The predicted octanol–water partition coefficient (Wildman–Crippen LogP) is 2.49. The molecule has 0 radical (unpaired) electrons. The van der Waals surface area contributed by atoms with Gasteiger partial charge in [0.1, 0.15) is 11.2 Å². The van der Waals surface area contributed by atoms with Crippen LogP contribution in [0, 0.1) is 0 Å². The molecule has 1 N–H and O–H groups in total. The van der Waals surface area contributed by atoms with Gasteiger partial charge >= 0.3 is 5.97 Å². The monoisotopic (exact) mass is 364 g/mol. The Morgan fingerprint density at radius 3 is 2.95 bits per heavy atom. The molecule has 2 heterocycles. The van der Waals surface area contributed by atoms with Crippen LogP contribution < -0.4 is 0 Å². The molecule has 2 atom stereocenters. The van der Waals surface area contributed by atoms with Crippen molar-refractivity contribution in [2.24, 2.45) is 0 Å². The Kier molecular flexibility index (Phi) is 4.37. The van der Waals surface area contributed by atoms with Gasteiger partial charge in [-0.2, -0.15) is 0 Å². The van der Waals surface area contributed by atoms with Crippen molar-refractivity contribution in [1.82, 2.24) is 9.88 Å². The highest BCUT2D eigenvalue weighted by Crippen LogP contribution is 2.31. The van der Waals surface area contributed by atoms with E-state index in [2.05, 4.69) is 20.9 Å². The number of nitrogens with zero attached hydrogens (tertiary/aromatic N) is 2. The van der Waals surface area contributed by atoms with Gasteiger partial charge in [0.25, 0.3) is 5.91 Å². The van der Waals surface area contributed by atoms with E-state index in [-0.39, 0.29) is 16.1 Å². The molecule has 2 unspecified atom stereocenters. The fourth-order valence-electron chi connectivity index (χ4n) is 1.85. The molecule has 2 rings (SSSR count). The molecule has 1 saturated heterocycles. The summed E-state index contributed by atoms with van der Waals surface area (Å²) in [7, 11) is 0. The van der Waals surface area contributed by atoms with E-state index in [1.54, 1.807) is 13.0 Å². The number of hydrogen-bond donors (Lipinski definition) is 1. The Morgan fingerprint density at radius 2 is 2.32 bits per heavy atom. The van der Waals surface area contributed by atoms with Crippen molar-refractivity contribution in [3.05, 3.63) is 27.5 Å². The van der Waals surface area contributed by atoms with Gasteiger partial charge in [-0.3, -0.25) is 4.79 Å². The maximum absolute atomic E-state index is 12.4. The van der Waals surface area contributed by atoms with Gasteiger partial charge < -0.3 is 10.0 Å². The van der Waals surface area contributed by atoms with E-state index < -0.39 is 17.9 Å². The van der Waals surface area contributed by atoms with Gasteiger partial charge in [0, 0.05) is 16.4 Å². The summed E-state index contributed by atoms with van der Waals surface area (Å²) in [5.74, 6) is -1.05. The first-order chi connectivity index (χ1) is 8.91. The molecule has 1 fully saturated rings. The number of carbonyl (C=O) groups excluding carboxylic acids is 1. The number of amides is 1. The lowest BCUT2D eigenvalue weighted by Gasteiger charge is -2.25. The van der Waals surface area contributed by atoms with Gasteiger partial charge in [-0.05, 0) is 28.9 Å². The first-order valence-electron chi connectivity index (χ1n) is 5.40. The van der Waals surface area contributed by atoms with Crippen LogP contribution >= 0.6 is 39.3 Å². The van der Waals surface area contributed by atoms with Crippen molar-refractivity contribution in [3.63, 3.8) is 0 Å². The topological polar surface area (TPSA) is 70.5 Å². The third-order valence-electron chi connectivity index (χ3n) is 2.78. The summed E-state index contributed by atoms with van der Waals surface area (Å²) >= 11 is 10.6.